The number of hydrogen-bond donors (Lipinski definition) is 1. The van der Waals surface area contributed by atoms with Crippen molar-refractivity contribution in [1.29, 1.82) is 0 Å². The molecule has 1 aliphatic heterocycles. The van der Waals surface area contributed by atoms with Gasteiger partial charge in [0.25, 0.3) is 5.88 Å². The molecular weight excluding hydrogens is 264 g/mol. The Morgan fingerprint density at radius 3 is 2.85 bits per heavy atom. The number of carbonyl (C=O) groups excluding carboxylic acids is 1. The van der Waals surface area contributed by atoms with Crippen LogP contribution in [0.3, 0.4) is 0 Å². The summed E-state index contributed by atoms with van der Waals surface area (Å²) < 4.78 is 10.6. The maximum atomic E-state index is 12.1. The Bertz CT molecular complexity index is 642. The van der Waals surface area contributed by atoms with Gasteiger partial charge in [0.2, 0.25) is 0 Å². The molecule has 2 aliphatic rings. The Labute approximate surface area is 113 Å². The molecule has 7 heteroatoms. The summed E-state index contributed by atoms with van der Waals surface area (Å²) in [7, 11) is 0. The van der Waals surface area contributed by atoms with Gasteiger partial charge in [-0.25, -0.2) is 0 Å². The zero-order valence-electron chi connectivity index (χ0n) is 10.5. The van der Waals surface area contributed by atoms with Crippen molar-refractivity contribution < 1.29 is 18.9 Å². The molecule has 7 nitrogen and oxygen atoms in total. The van der Waals surface area contributed by atoms with Crippen molar-refractivity contribution in [3.63, 3.8) is 0 Å². The van der Waals surface area contributed by atoms with E-state index >= 15 is 0 Å². The number of nitrogens with zero attached hydrogens (tertiary/aromatic N) is 1. The number of ketones is 1. The first kappa shape index (κ1) is 12.5. The highest BCUT2D eigenvalue weighted by Gasteiger charge is 2.45. The molecule has 0 bridgehead atoms. The fraction of sp³-hybridized carbons (Fsp3) is 0.308. The van der Waals surface area contributed by atoms with Crippen molar-refractivity contribution >= 4 is 5.78 Å². The first-order chi connectivity index (χ1) is 9.59. The topological polar surface area (TPSA) is 109 Å². The molecule has 0 radical (unpaired) electrons. The van der Waals surface area contributed by atoms with E-state index in [9.17, 15) is 14.9 Å². The molecule has 20 heavy (non-hydrogen) atoms. The molecule has 0 fully saturated rings. The van der Waals surface area contributed by atoms with E-state index in [4.69, 9.17) is 14.9 Å². The summed E-state index contributed by atoms with van der Waals surface area (Å²) >= 11 is 0. The highest BCUT2D eigenvalue weighted by Crippen LogP contribution is 2.43. The van der Waals surface area contributed by atoms with Crippen LogP contribution in [-0.2, 0) is 9.53 Å². The molecular formula is C13H12N2O5. The van der Waals surface area contributed by atoms with Gasteiger partial charge in [-0.2, -0.15) is 0 Å². The molecule has 1 atom stereocenters. The van der Waals surface area contributed by atoms with Gasteiger partial charge in [0.15, 0.2) is 5.78 Å². The van der Waals surface area contributed by atoms with Crippen LogP contribution < -0.4 is 5.73 Å². The van der Waals surface area contributed by atoms with Crippen LogP contribution in [0.1, 0.15) is 30.9 Å². The Kier molecular flexibility index (Phi) is 2.81. The number of hydrogen-bond acceptors (Lipinski definition) is 6. The lowest BCUT2D eigenvalue weighted by atomic mass is 9.82. The lowest BCUT2D eigenvalue weighted by Crippen LogP contribution is -2.30. The Hall–Kier alpha value is -2.57. The normalized spacial score (nSPS) is 22.6. The number of ether oxygens (including phenoxy) is 1. The van der Waals surface area contributed by atoms with Crippen LogP contribution >= 0.6 is 0 Å². The minimum absolute atomic E-state index is 0.153. The predicted molar refractivity (Wildman–Crippen MR) is 66.6 cm³/mol. The van der Waals surface area contributed by atoms with Gasteiger partial charge in [0, 0.05) is 12.8 Å². The fourth-order valence-electron chi connectivity index (χ4n) is 2.65. The van der Waals surface area contributed by atoms with E-state index in [2.05, 4.69) is 0 Å². The van der Waals surface area contributed by atoms with E-state index in [1.54, 1.807) is 12.1 Å². The van der Waals surface area contributed by atoms with Crippen LogP contribution in [0.25, 0.3) is 0 Å². The average molecular weight is 276 g/mol. The third-order valence-electron chi connectivity index (χ3n) is 3.48. The van der Waals surface area contributed by atoms with E-state index in [0.717, 1.165) is 0 Å². The van der Waals surface area contributed by atoms with Crippen LogP contribution in [0.4, 0.5) is 0 Å². The maximum absolute atomic E-state index is 12.1. The quantitative estimate of drug-likeness (QED) is 0.651. The largest absolute Gasteiger partial charge is 0.468 e. The third-order valence-corrected chi connectivity index (χ3v) is 3.48. The van der Waals surface area contributed by atoms with E-state index in [1.807, 2.05) is 0 Å². The van der Waals surface area contributed by atoms with E-state index in [-0.39, 0.29) is 17.4 Å². The van der Waals surface area contributed by atoms with Gasteiger partial charge >= 0.3 is 5.70 Å². The molecule has 1 aromatic heterocycles. The summed E-state index contributed by atoms with van der Waals surface area (Å²) in [5.74, 6) is -0.572. The second-order valence-corrected chi connectivity index (χ2v) is 4.67. The lowest BCUT2D eigenvalue weighted by Gasteiger charge is -2.27. The SMILES string of the molecule is NC1=C([N+](=O)[O-])[C@@H](c2ccco2)C2=C(CCCC2=O)O1. The maximum Gasteiger partial charge on any atom is 0.320 e. The number of Topliss-reactive ketones (excluding diaryl/α,β-unsaturated/α-hetero) is 1. The van der Waals surface area contributed by atoms with Crippen molar-refractivity contribution in [2.45, 2.75) is 25.2 Å². The van der Waals surface area contributed by atoms with Crippen LogP contribution in [0.5, 0.6) is 0 Å². The Balaban J connectivity index is 2.19. The molecule has 104 valence electrons. The minimum Gasteiger partial charge on any atom is -0.468 e. The second-order valence-electron chi connectivity index (χ2n) is 4.67. The summed E-state index contributed by atoms with van der Waals surface area (Å²) in [6, 6.07) is 3.21. The molecule has 1 aliphatic carbocycles. The fourth-order valence-corrected chi connectivity index (χ4v) is 2.65. The summed E-state index contributed by atoms with van der Waals surface area (Å²) in [5, 5.41) is 11.3. The lowest BCUT2D eigenvalue weighted by molar-refractivity contribution is -0.433. The summed E-state index contributed by atoms with van der Waals surface area (Å²) in [6.45, 7) is 0. The van der Waals surface area contributed by atoms with Crippen LogP contribution in [0.15, 0.2) is 45.7 Å². The highest BCUT2D eigenvalue weighted by atomic mass is 16.6. The molecule has 0 spiro atoms. The van der Waals surface area contributed by atoms with Gasteiger partial charge in [-0.15, -0.1) is 0 Å². The zero-order chi connectivity index (χ0) is 14.3. The number of rotatable bonds is 2. The molecule has 0 amide bonds. The van der Waals surface area contributed by atoms with Crippen molar-refractivity contribution in [3.05, 3.63) is 57.2 Å². The molecule has 0 saturated heterocycles. The van der Waals surface area contributed by atoms with Gasteiger partial charge < -0.3 is 14.9 Å². The number of nitrogens with two attached hydrogens (primary N) is 1. The number of nitro groups is 1. The number of carbonyl (C=O) groups is 1. The smallest absolute Gasteiger partial charge is 0.320 e. The van der Waals surface area contributed by atoms with E-state index in [0.29, 0.717) is 36.4 Å². The summed E-state index contributed by atoms with van der Waals surface area (Å²) in [6.07, 6.45) is 2.96. The molecule has 1 aromatic rings. The zero-order valence-corrected chi connectivity index (χ0v) is 10.5. The molecule has 2 heterocycles. The van der Waals surface area contributed by atoms with Crippen molar-refractivity contribution in [2.75, 3.05) is 0 Å². The minimum atomic E-state index is -0.892. The average Bonchev–Trinajstić information content (AvgIpc) is 2.90. The first-order valence-electron chi connectivity index (χ1n) is 6.21. The van der Waals surface area contributed by atoms with Gasteiger partial charge in [0.1, 0.15) is 17.4 Å². The van der Waals surface area contributed by atoms with Crippen LogP contribution in [0.2, 0.25) is 0 Å². The van der Waals surface area contributed by atoms with Crippen molar-refractivity contribution in [1.82, 2.24) is 0 Å². The Morgan fingerprint density at radius 2 is 2.20 bits per heavy atom. The Morgan fingerprint density at radius 1 is 1.40 bits per heavy atom. The standard InChI is InChI=1S/C13H12N2O5/c14-13-12(15(17)18)11(8-5-2-6-19-8)10-7(16)3-1-4-9(10)20-13/h2,5-6,11H,1,3-4,14H2/t11-/m0/s1. The highest BCUT2D eigenvalue weighted by molar-refractivity contribution is 5.98. The van der Waals surface area contributed by atoms with Crippen molar-refractivity contribution in [2.24, 2.45) is 5.73 Å². The van der Waals surface area contributed by atoms with Gasteiger partial charge in [-0.05, 0) is 18.6 Å². The summed E-state index contributed by atoms with van der Waals surface area (Å²) in [5.41, 5.74) is 5.62. The van der Waals surface area contributed by atoms with Crippen LogP contribution in [0, 0.1) is 10.1 Å². The number of furan rings is 1. The molecule has 0 saturated carbocycles. The van der Waals surface area contributed by atoms with Gasteiger partial charge in [0.05, 0.1) is 16.8 Å². The molecule has 0 unspecified atom stereocenters. The number of allylic oxidation sites excluding steroid dienone is 2. The molecule has 0 aromatic carbocycles. The predicted octanol–water partition coefficient (Wildman–Crippen LogP) is 1.80. The van der Waals surface area contributed by atoms with Crippen LogP contribution in [-0.4, -0.2) is 10.7 Å². The first-order valence-corrected chi connectivity index (χ1v) is 6.21. The van der Waals surface area contributed by atoms with Gasteiger partial charge in [-0.1, -0.05) is 0 Å². The van der Waals surface area contributed by atoms with E-state index in [1.165, 1.54) is 6.26 Å². The summed E-state index contributed by atoms with van der Waals surface area (Å²) in [4.78, 5) is 22.8. The molecule has 2 N–H and O–H groups in total. The van der Waals surface area contributed by atoms with Crippen molar-refractivity contribution in [3.8, 4) is 0 Å². The molecule has 3 rings (SSSR count). The van der Waals surface area contributed by atoms with Gasteiger partial charge in [-0.3, -0.25) is 14.9 Å². The monoisotopic (exact) mass is 276 g/mol. The third kappa shape index (κ3) is 1.78. The second kappa shape index (κ2) is 4.52. The van der Waals surface area contributed by atoms with E-state index < -0.39 is 10.8 Å².